The fraction of sp³-hybridized carbons (Fsp3) is 0.346. The topological polar surface area (TPSA) is 79.3 Å². The van der Waals surface area contributed by atoms with Gasteiger partial charge in [0.1, 0.15) is 11.5 Å². The Kier molecular flexibility index (Phi) is 7.82. The SMILES string of the molecule is CN(CCCCCC1CC(c2cccc(F)c2)NN1)C(=O)c1ccc(=O)n(-c2ccccc2)n1. The summed E-state index contributed by atoms with van der Waals surface area (Å²) in [5.41, 5.74) is 8.13. The molecule has 0 spiro atoms. The molecule has 2 unspecified atom stereocenters. The third-order valence-electron chi connectivity index (χ3n) is 6.15. The Morgan fingerprint density at radius 2 is 1.88 bits per heavy atom. The van der Waals surface area contributed by atoms with E-state index in [0.29, 0.717) is 18.3 Å². The molecule has 34 heavy (non-hydrogen) atoms. The number of aromatic nitrogens is 2. The van der Waals surface area contributed by atoms with Gasteiger partial charge in [0.25, 0.3) is 11.5 Å². The van der Waals surface area contributed by atoms with Crippen LogP contribution in [-0.2, 0) is 0 Å². The fourth-order valence-corrected chi connectivity index (χ4v) is 4.25. The van der Waals surface area contributed by atoms with Crippen LogP contribution < -0.4 is 16.4 Å². The molecule has 1 aromatic heterocycles. The smallest absolute Gasteiger partial charge is 0.274 e. The maximum atomic E-state index is 13.5. The van der Waals surface area contributed by atoms with E-state index in [9.17, 15) is 14.0 Å². The first-order chi connectivity index (χ1) is 16.5. The number of carbonyl (C=O) groups excluding carboxylic acids is 1. The number of hydrazine groups is 1. The van der Waals surface area contributed by atoms with E-state index < -0.39 is 0 Å². The molecule has 3 aromatic rings. The Morgan fingerprint density at radius 1 is 1.06 bits per heavy atom. The van der Waals surface area contributed by atoms with Crippen molar-refractivity contribution in [3.05, 3.63) is 94.2 Å². The average molecular weight is 464 g/mol. The van der Waals surface area contributed by atoms with Gasteiger partial charge in [-0.25, -0.2) is 4.39 Å². The van der Waals surface area contributed by atoms with Gasteiger partial charge in [-0.3, -0.25) is 20.4 Å². The fourth-order valence-electron chi connectivity index (χ4n) is 4.25. The van der Waals surface area contributed by atoms with Crippen molar-refractivity contribution in [2.45, 2.75) is 44.2 Å². The molecular weight excluding hydrogens is 433 g/mol. The highest BCUT2D eigenvalue weighted by atomic mass is 19.1. The van der Waals surface area contributed by atoms with Gasteiger partial charge in [-0.1, -0.05) is 43.2 Å². The van der Waals surface area contributed by atoms with Crippen LogP contribution in [0.2, 0.25) is 0 Å². The number of halogens is 1. The van der Waals surface area contributed by atoms with E-state index in [-0.39, 0.29) is 29.0 Å². The first kappa shape index (κ1) is 23.8. The number of amides is 1. The average Bonchev–Trinajstić information content (AvgIpc) is 3.33. The van der Waals surface area contributed by atoms with E-state index in [0.717, 1.165) is 37.7 Å². The lowest BCUT2D eigenvalue weighted by molar-refractivity contribution is 0.0784. The third-order valence-corrected chi connectivity index (χ3v) is 6.15. The van der Waals surface area contributed by atoms with Crippen LogP contribution in [0, 0.1) is 5.82 Å². The van der Waals surface area contributed by atoms with Crippen LogP contribution in [0.25, 0.3) is 5.69 Å². The Labute approximate surface area is 198 Å². The zero-order chi connectivity index (χ0) is 23.9. The highest BCUT2D eigenvalue weighted by Gasteiger charge is 2.24. The zero-order valence-electron chi connectivity index (χ0n) is 19.3. The monoisotopic (exact) mass is 463 g/mol. The molecule has 1 saturated heterocycles. The van der Waals surface area contributed by atoms with E-state index in [1.54, 1.807) is 36.2 Å². The van der Waals surface area contributed by atoms with Gasteiger partial charge >= 0.3 is 0 Å². The van der Waals surface area contributed by atoms with Crippen molar-refractivity contribution in [1.82, 2.24) is 25.5 Å². The molecular formula is C26H30FN5O2. The molecule has 1 amide bonds. The van der Waals surface area contributed by atoms with Crippen LogP contribution in [0.1, 0.15) is 54.2 Å². The number of nitrogens with one attached hydrogen (secondary N) is 2. The maximum absolute atomic E-state index is 13.5. The Hall–Kier alpha value is -3.36. The van der Waals surface area contributed by atoms with Crippen LogP contribution in [-0.4, -0.2) is 40.2 Å². The number of unbranched alkanes of at least 4 members (excludes halogenated alkanes) is 2. The van der Waals surface area contributed by atoms with Gasteiger partial charge in [0, 0.05) is 31.7 Å². The predicted octanol–water partition coefficient (Wildman–Crippen LogP) is 3.61. The summed E-state index contributed by atoms with van der Waals surface area (Å²) in [6, 6.07) is 19.1. The van der Waals surface area contributed by atoms with Crippen LogP contribution >= 0.6 is 0 Å². The summed E-state index contributed by atoms with van der Waals surface area (Å²) in [6.45, 7) is 0.618. The second kappa shape index (κ2) is 11.2. The van der Waals surface area contributed by atoms with E-state index in [1.165, 1.54) is 22.9 Å². The lowest BCUT2D eigenvalue weighted by Crippen LogP contribution is -2.31. The summed E-state index contributed by atoms with van der Waals surface area (Å²) < 4.78 is 14.7. The van der Waals surface area contributed by atoms with Gasteiger partial charge in [-0.15, -0.1) is 0 Å². The predicted molar refractivity (Wildman–Crippen MR) is 129 cm³/mol. The van der Waals surface area contributed by atoms with Gasteiger partial charge in [-0.2, -0.15) is 9.78 Å². The summed E-state index contributed by atoms with van der Waals surface area (Å²) >= 11 is 0. The van der Waals surface area contributed by atoms with Gasteiger partial charge in [0.15, 0.2) is 0 Å². The van der Waals surface area contributed by atoms with E-state index in [2.05, 4.69) is 16.0 Å². The first-order valence-corrected chi connectivity index (χ1v) is 11.7. The molecule has 0 aliphatic carbocycles. The van der Waals surface area contributed by atoms with Crippen molar-refractivity contribution in [3.63, 3.8) is 0 Å². The third kappa shape index (κ3) is 5.95. The Bertz CT molecular complexity index is 1170. The summed E-state index contributed by atoms with van der Waals surface area (Å²) in [5.74, 6) is -0.417. The maximum Gasteiger partial charge on any atom is 0.274 e. The van der Waals surface area contributed by atoms with Crippen LogP contribution in [0.3, 0.4) is 0 Å². The van der Waals surface area contributed by atoms with Crippen molar-refractivity contribution in [2.75, 3.05) is 13.6 Å². The molecule has 7 nitrogen and oxygen atoms in total. The molecule has 178 valence electrons. The largest absolute Gasteiger partial charge is 0.340 e. The number of rotatable bonds is 9. The highest BCUT2D eigenvalue weighted by Crippen LogP contribution is 2.25. The molecule has 2 heterocycles. The van der Waals surface area contributed by atoms with Crippen molar-refractivity contribution < 1.29 is 9.18 Å². The normalized spacial score (nSPS) is 17.6. The number of nitrogens with zero attached hydrogens (tertiary/aromatic N) is 3. The standard InChI is InChI=1S/C26H30FN5O2/c1-31(26(34)23-14-15-25(33)32(30-23)22-12-5-2-6-13-22)16-7-3-4-11-21-18-24(29-28-21)19-9-8-10-20(27)17-19/h2,5-6,8-10,12-15,17,21,24,28-29H,3-4,7,11,16,18H2,1H3. The second-order valence-corrected chi connectivity index (χ2v) is 8.71. The number of benzene rings is 2. The molecule has 1 aliphatic heterocycles. The van der Waals surface area contributed by atoms with E-state index >= 15 is 0 Å². The van der Waals surface area contributed by atoms with E-state index in [1.807, 2.05) is 24.3 Å². The van der Waals surface area contributed by atoms with E-state index in [4.69, 9.17) is 0 Å². The second-order valence-electron chi connectivity index (χ2n) is 8.71. The minimum absolute atomic E-state index is 0.121. The van der Waals surface area contributed by atoms with Crippen molar-refractivity contribution in [2.24, 2.45) is 0 Å². The summed E-state index contributed by atoms with van der Waals surface area (Å²) in [7, 11) is 1.76. The molecule has 1 fully saturated rings. The zero-order valence-corrected chi connectivity index (χ0v) is 19.3. The lowest BCUT2D eigenvalue weighted by atomic mass is 9.99. The molecule has 0 saturated carbocycles. The molecule has 1 aliphatic rings. The molecule has 2 aromatic carbocycles. The number of carbonyl (C=O) groups is 1. The summed E-state index contributed by atoms with van der Waals surface area (Å²) in [6.07, 6.45) is 4.85. The Morgan fingerprint density at radius 3 is 2.68 bits per heavy atom. The highest BCUT2D eigenvalue weighted by molar-refractivity contribution is 5.91. The van der Waals surface area contributed by atoms with Crippen LogP contribution in [0.15, 0.2) is 71.5 Å². The van der Waals surface area contributed by atoms with Gasteiger partial charge in [0.2, 0.25) is 0 Å². The summed E-state index contributed by atoms with van der Waals surface area (Å²) in [4.78, 5) is 26.6. The van der Waals surface area contributed by atoms with Crippen LogP contribution in [0.5, 0.6) is 0 Å². The quantitative estimate of drug-likeness (QED) is 0.474. The number of para-hydroxylation sites is 1. The minimum Gasteiger partial charge on any atom is -0.340 e. The van der Waals surface area contributed by atoms with Crippen molar-refractivity contribution >= 4 is 5.91 Å². The molecule has 2 atom stereocenters. The molecule has 8 heteroatoms. The van der Waals surface area contributed by atoms with Gasteiger partial charge in [-0.05, 0) is 55.2 Å². The molecule has 2 N–H and O–H groups in total. The molecule has 0 radical (unpaired) electrons. The molecule has 0 bridgehead atoms. The first-order valence-electron chi connectivity index (χ1n) is 11.7. The number of hydrogen-bond acceptors (Lipinski definition) is 5. The van der Waals surface area contributed by atoms with Gasteiger partial charge in [0.05, 0.1) is 5.69 Å². The number of hydrogen-bond donors (Lipinski definition) is 2. The van der Waals surface area contributed by atoms with Crippen molar-refractivity contribution in [1.29, 1.82) is 0 Å². The Balaban J connectivity index is 1.21. The summed E-state index contributed by atoms with van der Waals surface area (Å²) in [5, 5.41) is 4.27. The lowest BCUT2D eigenvalue weighted by Gasteiger charge is -2.17. The van der Waals surface area contributed by atoms with Crippen LogP contribution in [0.4, 0.5) is 4.39 Å². The van der Waals surface area contributed by atoms with Crippen molar-refractivity contribution in [3.8, 4) is 5.69 Å². The minimum atomic E-state index is -0.278. The van der Waals surface area contributed by atoms with Gasteiger partial charge < -0.3 is 4.90 Å². The molecule has 4 rings (SSSR count).